The Morgan fingerprint density at radius 1 is 1.00 bits per heavy atom. The number of halogens is 2. The van der Waals surface area contributed by atoms with Crippen LogP contribution in [0.2, 0.25) is 0 Å². The molecule has 3 aliphatic rings. The van der Waals surface area contributed by atoms with Crippen LogP contribution in [0.4, 0.5) is 14.5 Å². The fourth-order valence-corrected chi connectivity index (χ4v) is 5.92. The van der Waals surface area contributed by atoms with E-state index in [-0.39, 0.29) is 0 Å². The molecule has 0 heterocycles. The number of nitrogens with zero attached hydrogens (tertiary/aromatic N) is 1. The average molecular weight is 452 g/mol. The minimum atomic E-state index is -0.763. The molecule has 1 aromatic rings. The van der Waals surface area contributed by atoms with Crippen LogP contribution < -0.4 is 0 Å². The lowest BCUT2D eigenvalue weighted by atomic mass is 9.69. The highest BCUT2D eigenvalue weighted by Gasteiger charge is 2.30. The molecule has 32 heavy (non-hydrogen) atoms. The molecule has 1 fully saturated rings. The van der Waals surface area contributed by atoms with E-state index in [1.807, 2.05) is 5.16 Å². The second kappa shape index (κ2) is 10.7. The maximum absolute atomic E-state index is 14.0. The molecule has 0 N–H and O–H groups in total. The molecule has 1 nitrogen and oxygen atoms in total. The molecule has 3 aliphatic carbocycles. The first-order valence-corrected chi connectivity index (χ1v) is 12.4. The quantitative estimate of drug-likeness (QED) is 0.193. The van der Waals surface area contributed by atoms with Crippen LogP contribution in [-0.2, 0) is 0 Å². The molecular weight excluding hydrogens is 420 g/mol. The summed E-state index contributed by atoms with van der Waals surface area (Å²) in [5, 5.41) is 2.01. The van der Waals surface area contributed by atoms with Gasteiger partial charge in [0, 0.05) is 11.1 Å². The van der Waals surface area contributed by atoms with Gasteiger partial charge >= 0.3 is 0 Å². The summed E-state index contributed by atoms with van der Waals surface area (Å²) in [6.07, 6.45) is 16.6. The predicted octanol–water partition coefficient (Wildman–Crippen LogP) is 8.47. The molecule has 0 aromatic heterocycles. The highest BCUT2D eigenvalue weighted by atomic mass is 32.1. The summed E-state index contributed by atoms with van der Waals surface area (Å²) in [5.74, 6) is 7.11. The number of rotatable bonds is 4. The maximum atomic E-state index is 14.0. The Kier molecular flexibility index (Phi) is 7.71. The average Bonchev–Trinajstić information content (AvgIpc) is 3.29. The summed E-state index contributed by atoms with van der Waals surface area (Å²) >= 11 is 4.44. The van der Waals surface area contributed by atoms with Gasteiger partial charge in [0.15, 0.2) is 11.6 Å². The highest BCUT2D eigenvalue weighted by Crippen LogP contribution is 2.43. The van der Waals surface area contributed by atoms with Gasteiger partial charge in [0.05, 0.1) is 5.16 Å². The molecule has 4 heteroatoms. The van der Waals surface area contributed by atoms with Crippen molar-refractivity contribution < 1.29 is 8.78 Å². The van der Waals surface area contributed by atoms with Crippen LogP contribution in [0.25, 0.3) is 0 Å². The highest BCUT2D eigenvalue weighted by molar-refractivity contribution is 7.78. The Morgan fingerprint density at radius 2 is 1.75 bits per heavy atom. The van der Waals surface area contributed by atoms with Crippen molar-refractivity contribution in [3.8, 4) is 11.8 Å². The van der Waals surface area contributed by atoms with E-state index >= 15 is 0 Å². The maximum Gasteiger partial charge on any atom is 0.153 e. The minimum absolute atomic E-state index is 0.321. The summed E-state index contributed by atoms with van der Waals surface area (Å²) in [6.45, 7) is 2.17. The Labute approximate surface area is 196 Å². The molecule has 0 aliphatic heterocycles. The van der Waals surface area contributed by atoms with Gasteiger partial charge in [-0.25, -0.2) is 8.78 Å². The Hall–Kier alpha value is -2.08. The first-order chi connectivity index (χ1) is 15.5. The molecule has 1 unspecified atom stereocenters. The van der Waals surface area contributed by atoms with Gasteiger partial charge in [0.2, 0.25) is 0 Å². The van der Waals surface area contributed by atoms with Crippen molar-refractivity contribution in [2.75, 3.05) is 0 Å². The number of benzene rings is 1. The van der Waals surface area contributed by atoms with Crippen molar-refractivity contribution in [1.82, 2.24) is 0 Å². The topological polar surface area (TPSA) is 12.4 Å². The number of isothiocyanates is 1. The van der Waals surface area contributed by atoms with Crippen LogP contribution >= 0.6 is 12.2 Å². The summed E-state index contributed by atoms with van der Waals surface area (Å²) in [6, 6.07) is 2.42. The number of allylic oxidation sites excluding steroid dienone is 4. The first kappa shape index (κ1) is 23.1. The predicted molar refractivity (Wildman–Crippen MR) is 130 cm³/mol. The van der Waals surface area contributed by atoms with Crippen molar-refractivity contribution in [2.24, 2.45) is 22.7 Å². The lowest BCUT2D eigenvalue weighted by molar-refractivity contribution is 0.189. The van der Waals surface area contributed by atoms with Crippen LogP contribution in [0, 0.1) is 41.2 Å². The molecule has 1 saturated carbocycles. The second-order valence-corrected chi connectivity index (χ2v) is 9.93. The fraction of sp³-hybridized carbons (Fsp3) is 0.536. The van der Waals surface area contributed by atoms with Crippen molar-refractivity contribution in [1.29, 1.82) is 0 Å². The van der Waals surface area contributed by atoms with E-state index in [4.69, 9.17) is 0 Å². The Morgan fingerprint density at radius 3 is 2.38 bits per heavy atom. The van der Waals surface area contributed by atoms with Gasteiger partial charge in [-0.05, 0) is 120 Å². The third-order valence-corrected chi connectivity index (χ3v) is 7.72. The third kappa shape index (κ3) is 5.64. The molecule has 1 atom stereocenters. The SMILES string of the molecule is CC1=C(C#Cc2cc(F)c(N=C=S)c(F)c2)CCC(C2CCC(CC3=CCCC3)CC2)C1. The number of thiocarbonyl (C=S) groups is 1. The van der Waals surface area contributed by atoms with Crippen LogP contribution in [0.5, 0.6) is 0 Å². The largest absolute Gasteiger partial charge is 0.204 e. The summed E-state index contributed by atoms with van der Waals surface area (Å²) in [7, 11) is 0. The number of aliphatic imine (C=N–C) groups is 1. The molecular formula is C28H31F2NS. The number of hydrogen-bond donors (Lipinski definition) is 0. The van der Waals surface area contributed by atoms with E-state index in [0.29, 0.717) is 5.56 Å². The van der Waals surface area contributed by atoms with Gasteiger partial charge in [0.25, 0.3) is 0 Å². The molecule has 0 radical (unpaired) electrons. The van der Waals surface area contributed by atoms with Gasteiger partial charge in [-0.1, -0.05) is 29.1 Å². The monoisotopic (exact) mass is 451 g/mol. The Bertz CT molecular complexity index is 1000. The summed E-state index contributed by atoms with van der Waals surface area (Å²) < 4.78 is 28.1. The zero-order chi connectivity index (χ0) is 22.5. The van der Waals surface area contributed by atoms with Gasteiger partial charge in [-0.2, -0.15) is 4.99 Å². The zero-order valence-corrected chi connectivity index (χ0v) is 19.7. The first-order valence-electron chi connectivity index (χ1n) is 12.0. The van der Waals surface area contributed by atoms with Gasteiger partial charge in [0.1, 0.15) is 5.69 Å². The molecule has 4 rings (SSSR count). The van der Waals surface area contributed by atoms with Crippen LogP contribution in [0.1, 0.15) is 83.1 Å². The summed E-state index contributed by atoms with van der Waals surface area (Å²) in [5.41, 5.74) is 4.10. The fourth-order valence-electron chi connectivity index (χ4n) is 5.83. The van der Waals surface area contributed by atoms with Gasteiger partial charge in [-0.3, -0.25) is 0 Å². The normalized spacial score (nSPS) is 25.6. The lowest BCUT2D eigenvalue weighted by Crippen LogP contribution is -2.24. The van der Waals surface area contributed by atoms with E-state index < -0.39 is 17.3 Å². The van der Waals surface area contributed by atoms with E-state index in [1.54, 1.807) is 5.57 Å². The third-order valence-electron chi connectivity index (χ3n) is 7.62. The van der Waals surface area contributed by atoms with E-state index in [2.05, 4.69) is 42.1 Å². The summed E-state index contributed by atoms with van der Waals surface area (Å²) in [4.78, 5) is 3.45. The van der Waals surface area contributed by atoms with E-state index in [1.165, 1.54) is 75.5 Å². The Balaban J connectivity index is 1.35. The molecule has 1 aromatic carbocycles. The van der Waals surface area contributed by atoms with Crippen LogP contribution in [-0.4, -0.2) is 5.16 Å². The van der Waals surface area contributed by atoms with E-state index in [0.717, 1.165) is 36.2 Å². The second-order valence-electron chi connectivity index (χ2n) is 9.74. The molecule has 0 amide bonds. The van der Waals surface area contributed by atoms with Gasteiger partial charge in [-0.15, -0.1) is 0 Å². The van der Waals surface area contributed by atoms with Crippen molar-refractivity contribution in [3.05, 3.63) is 52.1 Å². The zero-order valence-electron chi connectivity index (χ0n) is 18.9. The van der Waals surface area contributed by atoms with Crippen molar-refractivity contribution >= 4 is 23.1 Å². The molecule has 0 saturated heterocycles. The van der Waals surface area contributed by atoms with E-state index in [9.17, 15) is 8.78 Å². The number of hydrogen-bond acceptors (Lipinski definition) is 2. The van der Waals surface area contributed by atoms with Crippen molar-refractivity contribution in [2.45, 2.75) is 77.6 Å². The molecule has 0 spiro atoms. The van der Waals surface area contributed by atoms with Crippen LogP contribution in [0.15, 0.2) is 39.9 Å². The minimum Gasteiger partial charge on any atom is -0.204 e. The molecule has 168 valence electrons. The molecule has 0 bridgehead atoms. The van der Waals surface area contributed by atoms with Crippen molar-refractivity contribution in [3.63, 3.8) is 0 Å². The smallest absolute Gasteiger partial charge is 0.153 e. The standard InChI is InChI=1S/C28H31F2NS/c1-19-14-25(24-10-6-21(7-11-24)15-20-4-2-3-5-20)13-12-23(19)9-8-22-16-26(29)28(31-18-32)27(30)17-22/h4,16-17,21,24-25H,2-3,5-7,10-15H2,1H3. The van der Waals surface area contributed by atoms with Gasteiger partial charge < -0.3 is 0 Å². The van der Waals surface area contributed by atoms with Crippen LogP contribution in [0.3, 0.4) is 0 Å². The lowest BCUT2D eigenvalue weighted by Gasteiger charge is -2.36.